The maximum absolute atomic E-state index is 12.0. The van der Waals surface area contributed by atoms with Crippen molar-refractivity contribution in [2.45, 2.75) is 64.6 Å². The quantitative estimate of drug-likeness (QED) is 0.719. The Kier molecular flexibility index (Phi) is 7.91. The van der Waals surface area contributed by atoms with Gasteiger partial charge in [0, 0.05) is 6.61 Å². The first-order valence-electron chi connectivity index (χ1n) is 9.60. The van der Waals surface area contributed by atoms with Gasteiger partial charge >= 0.3 is 0 Å². The van der Waals surface area contributed by atoms with E-state index in [1.54, 1.807) is 6.92 Å². The van der Waals surface area contributed by atoms with Crippen LogP contribution in [0.3, 0.4) is 0 Å². The molecule has 1 aliphatic rings. The van der Waals surface area contributed by atoms with Crippen LogP contribution in [-0.2, 0) is 19.7 Å². The van der Waals surface area contributed by atoms with Gasteiger partial charge in [-0.15, -0.1) is 0 Å². The number of rotatable bonds is 8. The zero-order chi connectivity index (χ0) is 19.0. The lowest BCUT2D eigenvalue weighted by molar-refractivity contribution is -0.135. The van der Waals surface area contributed by atoms with E-state index >= 15 is 0 Å². The average Bonchev–Trinajstić information content (AvgIpc) is 2.63. The minimum Gasteiger partial charge on any atom is -0.492 e. The molecule has 2 rings (SSSR count). The third-order valence-electron chi connectivity index (χ3n) is 4.57. The lowest BCUT2D eigenvalue weighted by atomic mass is 9.87. The maximum atomic E-state index is 12.0. The van der Waals surface area contributed by atoms with E-state index in [-0.39, 0.29) is 17.4 Å². The Labute approximate surface area is 157 Å². The fourth-order valence-electron chi connectivity index (χ4n) is 2.80. The SMILES string of the molecule is CC(OCC1CCCCO1)C(=O)NCCOc1ccc(C(C)(C)C)cc1. The monoisotopic (exact) mass is 363 g/mol. The van der Waals surface area contributed by atoms with Crippen LogP contribution < -0.4 is 10.1 Å². The largest absolute Gasteiger partial charge is 0.492 e. The molecule has 0 bridgehead atoms. The first kappa shape index (κ1) is 20.7. The van der Waals surface area contributed by atoms with Gasteiger partial charge in [0.25, 0.3) is 0 Å². The molecule has 5 nitrogen and oxygen atoms in total. The fraction of sp³-hybridized carbons (Fsp3) is 0.667. The van der Waals surface area contributed by atoms with Crippen LogP contribution in [0, 0.1) is 0 Å². The first-order chi connectivity index (χ1) is 12.4. The molecule has 2 atom stereocenters. The molecule has 0 saturated carbocycles. The van der Waals surface area contributed by atoms with E-state index in [1.165, 1.54) is 12.0 Å². The van der Waals surface area contributed by atoms with Crippen molar-refractivity contribution in [3.63, 3.8) is 0 Å². The van der Waals surface area contributed by atoms with Gasteiger partial charge in [0.15, 0.2) is 0 Å². The number of ether oxygens (including phenoxy) is 3. The van der Waals surface area contributed by atoms with Crippen LogP contribution in [0.5, 0.6) is 5.75 Å². The minimum atomic E-state index is -0.480. The lowest BCUT2D eigenvalue weighted by Crippen LogP contribution is -2.38. The summed E-state index contributed by atoms with van der Waals surface area (Å²) in [5, 5.41) is 2.85. The number of carbonyl (C=O) groups is 1. The number of benzene rings is 1. The van der Waals surface area contributed by atoms with Gasteiger partial charge in [-0.1, -0.05) is 32.9 Å². The van der Waals surface area contributed by atoms with Gasteiger partial charge in [-0.05, 0) is 49.3 Å². The van der Waals surface area contributed by atoms with Crippen molar-refractivity contribution in [3.05, 3.63) is 29.8 Å². The van der Waals surface area contributed by atoms with Crippen LogP contribution >= 0.6 is 0 Å². The molecule has 146 valence electrons. The van der Waals surface area contributed by atoms with Gasteiger partial charge in [0.1, 0.15) is 18.5 Å². The zero-order valence-electron chi connectivity index (χ0n) is 16.5. The summed E-state index contributed by atoms with van der Waals surface area (Å²) in [4.78, 5) is 12.0. The van der Waals surface area contributed by atoms with Crippen molar-refractivity contribution >= 4 is 5.91 Å². The second-order valence-electron chi connectivity index (χ2n) is 7.88. The summed E-state index contributed by atoms with van der Waals surface area (Å²) in [5.41, 5.74) is 1.40. The molecule has 2 unspecified atom stereocenters. The molecule has 1 N–H and O–H groups in total. The van der Waals surface area contributed by atoms with Crippen LogP contribution in [0.25, 0.3) is 0 Å². The van der Waals surface area contributed by atoms with Gasteiger partial charge in [0.2, 0.25) is 5.91 Å². The van der Waals surface area contributed by atoms with E-state index in [0.717, 1.165) is 25.2 Å². The Bertz CT molecular complexity index is 544. The number of hydrogen-bond acceptors (Lipinski definition) is 4. The molecule has 1 fully saturated rings. The predicted molar refractivity (Wildman–Crippen MR) is 103 cm³/mol. The van der Waals surface area contributed by atoms with E-state index in [4.69, 9.17) is 14.2 Å². The summed E-state index contributed by atoms with van der Waals surface area (Å²) in [6.07, 6.45) is 2.94. The van der Waals surface area contributed by atoms with Crippen LogP contribution in [0.4, 0.5) is 0 Å². The van der Waals surface area contributed by atoms with Crippen LogP contribution in [0.1, 0.15) is 52.5 Å². The zero-order valence-corrected chi connectivity index (χ0v) is 16.5. The van der Waals surface area contributed by atoms with Gasteiger partial charge in [-0.3, -0.25) is 4.79 Å². The van der Waals surface area contributed by atoms with Crippen molar-refractivity contribution in [1.82, 2.24) is 5.32 Å². The highest BCUT2D eigenvalue weighted by Gasteiger charge is 2.18. The second-order valence-corrected chi connectivity index (χ2v) is 7.88. The van der Waals surface area contributed by atoms with Gasteiger partial charge in [-0.2, -0.15) is 0 Å². The average molecular weight is 363 g/mol. The molecular weight excluding hydrogens is 330 g/mol. The summed E-state index contributed by atoms with van der Waals surface area (Å²) >= 11 is 0. The third-order valence-corrected chi connectivity index (χ3v) is 4.57. The normalized spacial score (nSPS) is 19.0. The van der Waals surface area contributed by atoms with Crippen LogP contribution in [0.15, 0.2) is 24.3 Å². The van der Waals surface area contributed by atoms with Crippen molar-refractivity contribution in [2.24, 2.45) is 0 Å². The molecular formula is C21H33NO4. The van der Waals surface area contributed by atoms with Gasteiger partial charge in [0.05, 0.1) is 19.3 Å². The van der Waals surface area contributed by atoms with E-state index in [9.17, 15) is 4.79 Å². The Morgan fingerprint density at radius 3 is 2.62 bits per heavy atom. The van der Waals surface area contributed by atoms with Crippen molar-refractivity contribution < 1.29 is 19.0 Å². The van der Waals surface area contributed by atoms with E-state index < -0.39 is 6.10 Å². The minimum absolute atomic E-state index is 0.118. The number of amides is 1. The van der Waals surface area contributed by atoms with Crippen molar-refractivity contribution in [3.8, 4) is 5.75 Å². The number of nitrogens with one attached hydrogen (secondary N) is 1. The molecule has 0 aliphatic carbocycles. The van der Waals surface area contributed by atoms with Gasteiger partial charge in [-0.25, -0.2) is 0 Å². The molecule has 0 aromatic heterocycles. The van der Waals surface area contributed by atoms with E-state index in [0.29, 0.717) is 19.8 Å². The Hall–Kier alpha value is -1.59. The molecule has 26 heavy (non-hydrogen) atoms. The van der Waals surface area contributed by atoms with Crippen molar-refractivity contribution in [1.29, 1.82) is 0 Å². The van der Waals surface area contributed by atoms with Gasteiger partial charge < -0.3 is 19.5 Å². The Morgan fingerprint density at radius 1 is 1.27 bits per heavy atom. The molecule has 1 heterocycles. The summed E-state index contributed by atoms with van der Waals surface area (Å²) in [7, 11) is 0. The summed E-state index contributed by atoms with van der Waals surface area (Å²) < 4.78 is 16.9. The molecule has 1 aromatic carbocycles. The number of carbonyl (C=O) groups excluding carboxylic acids is 1. The lowest BCUT2D eigenvalue weighted by Gasteiger charge is -2.23. The predicted octanol–water partition coefficient (Wildman–Crippen LogP) is 3.45. The molecule has 1 aromatic rings. The highest BCUT2D eigenvalue weighted by atomic mass is 16.5. The maximum Gasteiger partial charge on any atom is 0.248 e. The number of hydrogen-bond donors (Lipinski definition) is 1. The third kappa shape index (κ3) is 6.96. The smallest absolute Gasteiger partial charge is 0.248 e. The molecule has 0 radical (unpaired) electrons. The van der Waals surface area contributed by atoms with Crippen LogP contribution in [-0.4, -0.2) is 44.5 Å². The molecule has 1 saturated heterocycles. The van der Waals surface area contributed by atoms with E-state index in [1.807, 2.05) is 12.1 Å². The summed E-state index contributed by atoms with van der Waals surface area (Å²) in [5.74, 6) is 0.693. The molecule has 5 heteroatoms. The highest BCUT2D eigenvalue weighted by molar-refractivity contribution is 5.80. The van der Waals surface area contributed by atoms with E-state index in [2.05, 4.69) is 38.2 Å². The molecule has 0 spiro atoms. The fourth-order valence-corrected chi connectivity index (χ4v) is 2.80. The summed E-state index contributed by atoms with van der Waals surface area (Å²) in [6, 6.07) is 8.10. The highest BCUT2D eigenvalue weighted by Crippen LogP contribution is 2.24. The Morgan fingerprint density at radius 2 is 2.00 bits per heavy atom. The molecule has 1 aliphatic heterocycles. The van der Waals surface area contributed by atoms with Crippen LogP contribution in [0.2, 0.25) is 0 Å². The topological polar surface area (TPSA) is 56.8 Å². The Balaban J connectivity index is 1.61. The van der Waals surface area contributed by atoms with Crippen molar-refractivity contribution in [2.75, 3.05) is 26.4 Å². The first-order valence-corrected chi connectivity index (χ1v) is 9.60. The second kappa shape index (κ2) is 9.93. The standard InChI is InChI=1S/C21H33NO4/c1-16(26-15-19-7-5-6-13-24-19)20(23)22-12-14-25-18-10-8-17(9-11-18)21(2,3)4/h8-11,16,19H,5-7,12-15H2,1-4H3,(H,22,23). The molecule has 1 amide bonds. The summed E-state index contributed by atoms with van der Waals surface area (Å²) in [6.45, 7) is 10.5.